The predicted molar refractivity (Wildman–Crippen MR) is 73.8 cm³/mol. The summed E-state index contributed by atoms with van der Waals surface area (Å²) in [5.74, 6) is -0.733. The van der Waals surface area contributed by atoms with Crippen molar-refractivity contribution in [2.24, 2.45) is 11.1 Å². The highest BCUT2D eigenvalue weighted by Crippen LogP contribution is 2.23. The second-order valence-corrected chi connectivity index (χ2v) is 7.58. The van der Waals surface area contributed by atoms with E-state index in [4.69, 9.17) is 5.73 Å². The van der Waals surface area contributed by atoms with Gasteiger partial charge in [-0.1, -0.05) is 19.9 Å². The van der Waals surface area contributed by atoms with Crippen molar-refractivity contribution in [1.82, 2.24) is 4.31 Å². The molecule has 108 valence electrons. The first-order valence-electron chi connectivity index (χ1n) is 6.03. The van der Waals surface area contributed by atoms with E-state index in [0.717, 1.165) is 4.31 Å². The van der Waals surface area contributed by atoms with Crippen molar-refractivity contribution in [2.75, 3.05) is 20.1 Å². The largest absolute Gasteiger partial charge is 0.330 e. The van der Waals surface area contributed by atoms with E-state index < -0.39 is 15.8 Å². The van der Waals surface area contributed by atoms with Gasteiger partial charge in [-0.2, -0.15) is 0 Å². The van der Waals surface area contributed by atoms with E-state index in [-0.39, 0.29) is 16.9 Å². The first-order valence-corrected chi connectivity index (χ1v) is 7.47. The molecule has 0 fully saturated rings. The molecule has 0 aliphatic heterocycles. The zero-order valence-corrected chi connectivity index (χ0v) is 12.6. The van der Waals surface area contributed by atoms with Crippen LogP contribution in [0.15, 0.2) is 23.1 Å². The minimum atomic E-state index is -3.83. The van der Waals surface area contributed by atoms with Crippen molar-refractivity contribution in [2.45, 2.75) is 25.7 Å². The molecule has 1 aromatic carbocycles. The molecule has 19 heavy (non-hydrogen) atoms. The van der Waals surface area contributed by atoms with Crippen molar-refractivity contribution in [3.8, 4) is 0 Å². The third-order valence-electron chi connectivity index (χ3n) is 2.98. The molecule has 0 bridgehead atoms. The van der Waals surface area contributed by atoms with Crippen molar-refractivity contribution in [1.29, 1.82) is 0 Å². The molecule has 0 radical (unpaired) electrons. The second-order valence-electron chi connectivity index (χ2n) is 5.56. The summed E-state index contributed by atoms with van der Waals surface area (Å²) in [6.45, 7) is 6.04. The zero-order chi connectivity index (χ0) is 14.8. The normalized spacial score (nSPS) is 13.0. The Morgan fingerprint density at radius 1 is 1.37 bits per heavy atom. The topological polar surface area (TPSA) is 63.4 Å². The van der Waals surface area contributed by atoms with Gasteiger partial charge in [-0.25, -0.2) is 17.1 Å². The molecule has 0 saturated carbocycles. The molecule has 0 aliphatic carbocycles. The van der Waals surface area contributed by atoms with Gasteiger partial charge < -0.3 is 5.73 Å². The molecule has 0 heterocycles. The molecular weight excluding hydrogens is 267 g/mol. The molecule has 0 aromatic heterocycles. The highest BCUT2D eigenvalue weighted by molar-refractivity contribution is 7.89. The molecule has 0 saturated heterocycles. The zero-order valence-electron chi connectivity index (χ0n) is 11.8. The lowest BCUT2D eigenvalue weighted by molar-refractivity contribution is 0.291. The van der Waals surface area contributed by atoms with Crippen LogP contribution in [-0.4, -0.2) is 32.9 Å². The molecule has 0 aliphatic rings. The van der Waals surface area contributed by atoms with Gasteiger partial charge in [0.05, 0.1) is 0 Å². The van der Waals surface area contributed by atoms with E-state index >= 15 is 0 Å². The monoisotopic (exact) mass is 288 g/mol. The number of rotatable bonds is 5. The van der Waals surface area contributed by atoms with E-state index in [1.54, 1.807) is 6.92 Å². The molecule has 0 atom stereocenters. The molecule has 6 heteroatoms. The molecule has 1 rings (SSSR count). The van der Waals surface area contributed by atoms with E-state index in [1.807, 2.05) is 13.8 Å². The van der Waals surface area contributed by atoms with Crippen LogP contribution >= 0.6 is 0 Å². The Balaban J connectivity index is 3.14. The number of hydrogen-bond acceptors (Lipinski definition) is 3. The summed E-state index contributed by atoms with van der Waals surface area (Å²) in [6, 6.07) is 4.05. The van der Waals surface area contributed by atoms with Crippen LogP contribution in [0.2, 0.25) is 0 Å². The Labute approximate surface area is 114 Å². The number of aryl methyl sites for hydroxylation is 1. The van der Waals surface area contributed by atoms with Gasteiger partial charge in [0, 0.05) is 13.6 Å². The summed E-state index contributed by atoms with van der Waals surface area (Å²) in [5.41, 5.74) is 5.94. The summed E-state index contributed by atoms with van der Waals surface area (Å²) < 4.78 is 39.5. The number of nitrogens with two attached hydrogens (primary N) is 1. The fraction of sp³-hybridized carbons (Fsp3) is 0.538. The minimum Gasteiger partial charge on any atom is -0.330 e. The fourth-order valence-electron chi connectivity index (χ4n) is 1.73. The van der Waals surface area contributed by atoms with Gasteiger partial charge in [0.25, 0.3) is 0 Å². The maximum Gasteiger partial charge on any atom is 0.245 e. The standard InChI is InChI=1S/C13H21FN2O2S/c1-10-5-6-11(14)12(7-10)19(17,18)16(4)9-13(2,3)8-15/h5-7H,8-9,15H2,1-4H3. The number of hydrogen-bond donors (Lipinski definition) is 1. The van der Waals surface area contributed by atoms with E-state index in [1.165, 1.54) is 25.2 Å². The third kappa shape index (κ3) is 3.75. The van der Waals surface area contributed by atoms with Gasteiger partial charge >= 0.3 is 0 Å². The van der Waals surface area contributed by atoms with Crippen LogP contribution in [-0.2, 0) is 10.0 Å². The second kappa shape index (κ2) is 5.56. The number of sulfonamides is 1. The van der Waals surface area contributed by atoms with Crippen molar-refractivity contribution < 1.29 is 12.8 Å². The minimum absolute atomic E-state index is 0.235. The maximum atomic E-state index is 13.7. The lowest BCUT2D eigenvalue weighted by Gasteiger charge is -2.28. The molecular formula is C13H21FN2O2S. The van der Waals surface area contributed by atoms with Gasteiger partial charge in [-0.15, -0.1) is 0 Å². The van der Waals surface area contributed by atoms with Crippen LogP contribution in [0.1, 0.15) is 19.4 Å². The van der Waals surface area contributed by atoms with E-state index in [2.05, 4.69) is 0 Å². The summed E-state index contributed by atoms with van der Waals surface area (Å²) in [6.07, 6.45) is 0. The maximum absolute atomic E-state index is 13.7. The Morgan fingerprint density at radius 3 is 2.47 bits per heavy atom. The molecule has 0 amide bonds. The lowest BCUT2D eigenvalue weighted by atomic mass is 9.94. The first kappa shape index (κ1) is 16.1. The SMILES string of the molecule is Cc1ccc(F)c(S(=O)(=O)N(C)CC(C)(C)CN)c1. The fourth-order valence-corrected chi connectivity index (χ4v) is 3.23. The van der Waals surface area contributed by atoms with Gasteiger partial charge in [-0.05, 0) is 36.6 Å². The lowest BCUT2D eigenvalue weighted by Crippen LogP contribution is -2.40. The van der Waals surface area contributed by atoms with Gasteiger partial charge in [0.1, 0.15) is 10.7 Å². The van der Waals surface area contributed by atoms with Crippen molar-refractivity contribution in [3.63, 3.8) is 0 Å². The average Bonchev–Trinajstić information content (AvgIpc) is 2.31. The molecule has 1 aromatic rings. The van der Waals surface area contributed by atoms with Crippen LogP contribution in [0.25, 0.3) is 0 Å². The van der Waals surface area contributed by atoms with Crippen LogP contribution in [0.5, 0.6) is 0 Å². The van der Waals surface area contributed by atoms with E-state index in [9.17, 15) is 12.8 Å². The van der Waals surface area contributed by atoms with Gasteiger partial charge in [-0.3, -0.25) is 0 Å². The van der Waals surface area contributed by atoms with E-state index in [0.29, 0.717) is 12.1 Å². The average molecular weight is 288 g/mol. The summed E-state index contributed by atoms with van der Waals surface area (Å²) >= 11 is 0. The molecule has 4 nitrogen and oxygen atoms in total. The van der Waals surface area contributed by atoms with Crippen LogP contribution in [0.4, 0.5) is 4.39 Å². The molecule has 2 N–H and O–H groups in total. The van der Waals surface area contributed by atoms with Crippen molar-refractivity contribution in [3.05, 3.63) is 29.6 Å². The quantitative estimate of drug-likeness (QED) is 0.897. The summed E-state index contributed by atoms with van der Waals surface area (Å²) in [7, 11) is -2.39. The predicted octanol–water partition coefficient (Wildman–Crippen LogP) is 1.74. The summed E-state index contributed by atoms with van der Waals surface area (Å²) in [5, 5.41) is 0. The van der Waals surface area contributed by atoms with Crippen LogP contribution < -0.4 is 5.73 Å². The van der Waals surface area contributed by atoms with Crippen LogP contribution in [0, 0.1) is 18.2 Å². The Morgan fingerprint density at radius 2 is 1.95 bits per heavy atom. The smallest absolute Gasteiger partial charge is 0.245 e. The summed E-state index contributed by atoms with van der Waals surface area (Å²) in [4.78, 5) is -0.289. The Bertz CT molecular complexity index is 556. The van der Waals surface area contributed by atoms with Gasteiger partial charge in [0.2, 0.25) is 10.0 Å². The number of benzene rings is 1. The number of halogens is 1. The van der Waals surface area contributed by atoms with Gasteiger partial charge in [0.15, 0.2) is 0 Å². The first-order chi connectivity index (χ1) is 8.60. The molecule has 0 spiro atoms. The van der Waals surface area contributed by atoms with Crippen molar-refractivity contribution >= 4 is 10.0 Å². The highest BCUT2D eigenvalue weighted by atomic mass is 32.2. The molecule has 0 unspecified atom stereocenters. The third-order valence-corrected chi connectivity index (χ3v) is 4.80. The Hall–Kier alpha value is -0.980. The van der Waals surface area contributed by atoms with Crippen LogP contribution in [0.3, 0.4) is 0 Å². The number of nitrogens with zero attached hydrogens (tertiary/aromatic N) is 1. The Kier molecular flexibility index (Phi) is 4.71. The highest BCUT2D eigenvalue weighted by Gasteiger charge is 2.29.